The summed E-state index contributed by atoms with van der Waals surface area (Å²) in [6.45, 7) is 8.14. The van der Waals surface area contributed by atoms with Crippen molar-refractivity contribution in [1.82, 2.24) is 4.90 Å². The number of esters is 1. The lowest BCUT2D eigenvalue weighted by Gasteiger charge is -2.23. The Morgan fingerprint density at radius 1 is 1.04 bits per heavy atom. The number of hydrogen-bond acceptors (Lipinski definition) is 3. The van der Waals surface area contributed by atoms with Crippen LogP contribution in [-0.4, -0.2) is 36.0 Å². The van der Waals surface area contributed by atoms with Crippen molar-refractivity contribution in [2.24, 2.45) is 0 Å². The highest BCUT2D eigenvalue weighted by molar-refractivity contribution is 5.85. The molecule has 1 fully saturated rings. The van der Waals surface area contributed by atoms with Crippen molar-refractivity contribution in [3.63, 3.8) is 0 Å². The average Bonchev–Trinajstić information content (AvgIpc) is 3.04. The normalized spacial score (nSPS) is 17.0. The third-order valence-electron chi connectivity index (χ3n) is 4.24. The highest BCUT2D eigenvalue weighted by Crippen LogP contribution is 2.20. The molecule has 0 aliphatic carbocycles. The van der Waals surface area contributed by atoms with Gasteiger partial charge in [0.05, 0.1) is 0 Å². The Labute approximate surface area is 140 Å². The first-order valence-corrected chi connectivity index (χ1v) is 8.88. The Hall–Kier alpha value is -1.58. The molecule has 1 aliphatic rings. The Kier molecular flexibility index (Phi) is 10.1. The van der Waals surface area contributed by atoms with Crippen LogP contribution in [0.25, 0.3) is 0 Å². The predicted octanol–water partition coefficient (Wildman–Crippen LogP) is 4.01. The van der Waals surface area contributed by atoms with Gasteiger partial charge in [-0.3, -0.25) is 4.79 Å². The van der Waals surface area contributed by atoms with E-state index in [1.165, 1.54) is 25.7 Å². The summed E-state index contributed by atoms with van der Waals surface area (Å²) in [6, 6.07) is -0.388. The minimum absolute atomic E-state index is 0.0923. The Morgan fingerprint density at radius 3 is 2.43 bits per heavy atom. The third-order valence-corrected chi connectivity index (χ3v) is 4.24. The minimum Gasteiger partial charge on any atom is -0.460 e. The SMILES string of the molecule is C=CCCCCCCCCC(=O)N1CCC[C@H]1C(=O)OCC=C. The second-order valence-corrected chi connectivity index (χ2v) is 6.11. The van der Waals surface area contributed by atoms with Gasteiger partial charge in [0.1, 0.15) is 12.6 Å². The molecule has 0 spiro atoms. The zero-order chi connectivity index (χ0) is 16.9. The second kappa shape index (κ2) is 11.9. The van der Waals surface area contributed by atoms with Crippen LogP contribution in [0.3, 0.4) is 0 Å². The van der Waals surface area contributed by atoms with Gasteiger partial charge in [0, 0.05) is 13.0 Å². The predicted molar refractivity (Wildman–Crippen MR) is 93.0 cm³/mol. The van der Waals surface area contributed by atoms with Crippen molar-refractivity contribution in [3.05, 3.63) is 25.3 Å². The molecule has 130 valence electrons. The maximum absolute atomic E-state index is 12.3. The molecule has 0 aromatic heterocycles. The van der Waals surface area contributed by atoms with E-state index in [1.54, 1.807) is 11.0 Å². The van der Waals surface area contributed by atoms with E-state index in [0.29, 0.717) is 19.4 Å². The molecule has 23 heavy (non-hydrogen) atoms. The van der Waals surface area contributed by atoms with E-state index in [-0.39, 0.29) is 24.5 Å². The summed E-state index contributed by atoms with van der Waals surface area (Å²) < 4.78 is 5.09. The summed E-state index contributed by atoms with van der Waals surface area (Å²) in [5.74, 6) is -0.201. The largest absolute Gasteiger partial charge is 0.460 e. The standard InChI is InChI=1S/C19H31NO3/c1-3-5-6-7-8-9-10-11-14-18(21)20-15-12-13-17(20)19(22)23-16-4-2/h3-4,17H,1-2,5-16H2/t17-/m0/s1. The van der Waals surface area contributed by atoms with Crippen LogP contribution in [0.1, 0.15) is 64.2 Å². The van der Waals surface area contributed by atoms with Crippen LogP contribution in [0.4, 0.5) is 0 Å². The summed E-state index contributed by atoms with van der Waals surface area (Å²) in [6.07, 6.45) is 13.6. The van der Waals surface area contributed by atoms with Crippen LogP contribution >= 0.6 is 0 Å². The number of likely N-dealkylation sites (tertiary alicyclic amines) is 1. The van der Waals surface area contributed by atoms with Crippen LogP contribution in [0, 0.1) is 0 Å². The zero-order valence-corrected chi connectivity index (χ0v) is 14.3. The van der Waals surface area contributed by atoms with Gasteiger partial charge in [0.15, 0.2) is 0 Å². The van der Waals surface area contributed by atoms with Crippen molar-refractivity contribution < 1.29 is 14.3 Å². The fraction of sp³-hybridized carbons (Fsp3) is 0.684. The minimum atomic E-state index is -0.388. The molecule has 0 unspecified atom stereocenters. The number of hydrogen-bond donors (Lipinski definition) is 0. The number of carbonyl (C=O) groups excluding carboxylic acids is 2. The van der Waals surface area contributed by atoms with E-state index in [4.69, 9.17) is 4.74 Å². The first-order chi connectivity index (χ1) is 11.2. The molecule has 0 bridgehead atoms. The number of rotatable bonds is 12. The maximum Gasteiger partial charge on any atom is 0.329 e. The van der Waals surface area contributed by atoms with Crippen LogP contribution < -0.4 is 0 Å². The van der Waals surface area contributed by atoms with Crippen molar-refractivity contribution in [1.29, 1.82) is 0 Å². The van der Waals surface area contributed by atoms with Crippen molar-refractivity contribution in [2.45, 2.75) is 70.3 Å². The van der Waals surface area contributed by atoms with Gasteiger partial charge in [-0.05, 0) is 32.1 Å². The summed E-state index contributed by atoms with van der Waals surface area (Å²) in [7, 11) is 0. The summed E-state index contributed by atoms with van der Waals surface area (Å²) >= 11 is 0. The Balaban J connectivity index is 2.19. The highest BCUT2D eigenvalue weighted by atomic mass is 16.5. The monoisotopic (exact) mass is 321 g/mol. The van der Waals surface area contributed by atoms with Crippen LogP contribution in [0.15, 0.2) is 25.3 Å². The van der Waals surface area contributed by atoms with Gasteiger partial charge in [0.25, 0.3) is 0 Å². The smallest absolute Gasteiger partial charge is 0.329 e. The average molecular weight is 321 g/mol. The van der Waals surface area contributed by atoms with Crippen LogP contribution in [0.2, 0.25) is 0 Å². The van der Waals surface area contributed by atoms with Gasteiger partial charge in [-0.15, -0.1) is 6.58 Å². The maximum atomic E-state index is 12.3. The number of ether oxygens (including phenoxy) is 1. The second-order valence-electron chi connectivity index (χ2n) is 6.11. The molecule has 0 aromatic carbocycles. The molecule has 0 radical (unpaired) electrons. The number of allylic oxidation sites excluding steroid dienone is 1. The van der Waals surface area contributed by atoms with E-state index >= 15 is 0 Å². The van der Waals surface area contributed by atoms with Gasteiger partial charge in [-0.25, -0.2) is 4.79 Å². The molecule has 1 heterocycles. The van der Waals surface area contributed by atoms with Gasteiger partial charge < -0.3 is 9.64 Å². The van der Waals surface area contributed by atoms with Crippen molar-refractivity contribution in [3.8, 4) is 0 Å². The molecule has 0 N–H and O–H groups in total. The zero-order valence-electron chi connectivity index (χ0n) is 14.3. The number of unbranched alkanes of at least 4 members (excludes halogenated alkanes) is 6. The highest BCUT2D eigenvalue weighted by Gasteiger charge is 2.34. The molecule has 1 aliphatic heterocycles. The molecular weight excluding hydrogens is 290 g/mol. The summed E-state index contributed by atoms with van der Waals surface area (Å²) in [5, 5.41) is 0. The van der Waals surface area contributed by atoms with E-state index in [9.17, 15) is 9.59 Å². The van der Waals surface area contributed by atoms with E-state index in [0.717, 1.165) is 25.7 Å². The van der Waals surface area contributed by atoms with Crippen molar-refractivity contribution >= 4 is 11.9 Å². The van der Waals surface area contributed by atoms with Gasteiger partial charge in [-0.1, -0.05) is 44.4 Å². The Morgan fingerprint density at radius 2 is 1.74 bits per heavy atom. The van der Waals surface area contributed by atoms with Gasteiger partial charge in [0.2, 0.25) is 5.91 Å². The van der Waals surface area contributed by atoms with Crippen LogP contribution in [-0.2, 0) is 14.3 Å². The molecule has 0 aromatic rings. The first kappa shape index (κ1) is 19.5. The quantitative estimate of drug-likeness (QED) is 0.310. The fourth-order valence-corrected chi connectivity index (χ4v) is 2.96. The molecule has 4 heteroatoms. The molecule has 1 rings (SSSR count). The molecule has 1 saturated heterocycles. The van der Waals surface area contributed by atoms with E-state index in [1.807, 2.05) is 6.08 Å². The number of amides is 1. The number of carbonyl (C=O) groups is 2. The lowest BCUT2D eigenvalue weighted by Crippen LogP contribution is -2.41. The molecule has 1 amide bonds. The first-order valence-electron chi connectivity index (χ1n) is 8.88. The lowest BCUT2D eigenvalue weighted by atomic mass is 10.1. The van der Waals surface area contributed by atoms with Gasteiger partial charge >= 0.3 is 5.97 Å². The Bertz CT molecular complexity index is 392. The van der Waals surface area contributed by atoms with Crippen LogP contribution in [0.5, 0.6) is 0 Å². The molecule has 4 nitrogen and oxygen atoms in total. The fourth-order valence-electron chi connectivity index (χ4n) is 2.96. The topological polar surface area (TPSA) is 46.6 Å². The molecular formula is C19H31NO3. The molecule has 0 saturated carbocycles. The summed E-state index contributed by atoms with van der Waals surface area (Å²) in [5.41, 5.74) is 0. The summed E-state index contributed by atoms with van der Waals surface area (Å²) in [4.78, 5) is 25.9. The molecule has 1 atom stereocenters. The van der Waals surface area contributed by atoms with E-state index < -0.39 is 0 Å². The lowest BCUT2D eigenvalue weighted by molar-refractivity contribution is -0.152. The van der Waals surface area contributed by atoms with Gasteiger partial charge in [-0.2, -0.15) is 0 Å². The third kappa shape index (κ3) is 7.49. The van der Waals surface area contributed by atoms with Crippen molar-refractivity contribution in [2.75, 3.05) is 13.2 Å². The van der Waals surface area contributed by atoms with E-state index in [2.05, 4.69) is 13.2 Å². The number of nitrogens with zero attached hydrogens (tertiary/aromatic N) is 1.